The van der Waals surface area contributed by atoms with E-state index in [-0.39, 0.29) is 47.5 Å². The number of benzene rings is 4. The fourth-order valence-corrected chi connectivity index (χ4v) is 68.7. The normalized spacial score (nSPS) is 29.6. The molecule has 76 heavy (non-hydrogen) atoms. The summed E-state index contributed by atoms with van der Waals surface area (Å²) in [5.74, 6) is 0.271. The molecule has 4 aromatic rings. The molecular formula is C55H92O12Si9. The Morgan fingerprint density at radius 1 is 0.408 bits per heavy atom. The van der Waals surface area contributed by atoms with Crippen LogP contribution in [0.5, 0.6) is 0 Å². The maximum absolute atomic E-state index is 13.8. The second-order valence-electron chi connectivity index (χ2n) is 25.0. The minimum atomic E-state index is -4.49. The third-order valence-corrected chi connectivity index (χ3v) is 59.4. The van der Waals surface area contributed by atoms with Crippen LogP contribution in [-0.4, -0.2) is 89.9 Å². The molecule has 4 bridgehead atoms. The van der Waals surface area contributed by atoms with Crippen molar-refractivity contribution in [1.82, 2.24) is 0 Å². The Morgan fingerprint density at radius 2 is 0.737 bits per heavy atom. The first-order chi connectivity index (χ1) is 35.7. The summed E-state index contributed by atoms with van der Waals surface area (Å²) in [6.45, 7) is 32.8. The van der Waals surface area contributed by atoms with Crippen LogP contribution in [0.2, 0.25) is 54.5 Å². The molecule has 0 amide bonds. The second kappa shape index (κ2) is 24.8. The number of rotatable bonds is 23. The van der Waals surface area contributed by atoms with E-state index in [4.69, 9.17) is 45.6 Å². The summed E-state index contributed by atoms with van der Waals surface area (Å²) in [6, 6.07) is 45.2. The molecule has 0 aliphatic carbocycles. The molecule has 0 aromatic heterocycles. The first kappa shape index (κ1) is 62.0. The van der Waals surface area contributed by atoms with Crippen molar-refractivity contribution in [2.75, 3.05) is 7.11 Å². The van der Waals surface area contributed by atoms with Crippen molar-refractivity contribution < 1.29 is 50.4 Å². The summed E-state index contributed by atoms with van der Waals surface area (Å²) < 4.78 is 88.9. The molecule has 0 radical (unpaired) electrons. The van der Waals surface area contributed by atoms with Gasteiger partial charge in [-0.15, -0.1) is 0 Å². The molecule has 3 aliphatic rings. The summed E-state index contributed by atoms with van der Waals surface area (Å²) in [4.78, 5) is 13.8. The Kier molecular flexibility index (Phi) is 20.2. The van der Waals surface area contributed by atoms with Gasteiger partial charge in [-0.3, -0.25) is 0 Å². The van der Waals surface area contributed by atoms with E-state index >= 15 is 0 Å². The Balaban J connectivity index is 1.67. The van der Waals surface area contributed by atoms with Gasteiger partial charge < -0.3 is 50.4 Å². The Morgan fingerprint density at radius 3 is 1.11 bits per heavy atom. The molecule has 0 saturated carbocycles. The third-order valence-electron chi connectivity index (χ3n) is 13.8. The lowest BCUT2D eigenvalue weighted by molar-refractivity contribution is 0.0446. The van der Waals surface area contributed by atoms with E-state index in [2.05, 4.69) is 213 Å². The van der Waals surface area contributed by atoms with Crippen LogP contribution in [0.4, 0.5) is 0 Å². The molecule has 12 nitrogen and oxygen atoms in total. The van der Waals surface area contributed by atoms with Crippen LogP contribution in [0.15, 0.2) is 121 Å². The van der Waals surface area contributed by atoms with Crippen LogP contribution >= 0.6 is 0 Å². The van der Waals surface area contributed by atoms with Gasteiger partial charge in [-0.1, -0.05) is 218 Å². The first-order valence-corrected chi connectivity index (χ1v) is 46.6. The zero-order valence-electron chi connectivity index (χ0n) is 48.7. The van der Waals surface area contributed by atoms with Crippen molar-refractivity contribution in [3.8, 4) is 0 Å². The van der Waals surface area contributed by atoms with Crippen LogP contribution < -0.4 is 20.7 Å². The monoisotopic (exact) mass is 1200 g/mol. The van der Waals surface area contributed by atoms with Crippen LogP contribution in [0.3, 0.4) is 0 Å². The highest BCUT2D eigenvalue weighted by molar-refractivity contribution is 7.09. The van der Waals surface area contributed by atoms with Gasteiger partial charge in [-0.2, -0.15) is 0 Å². The van der Waals surface area contributed by atoms with Crippen molar-refractivity contribution in [2.24, 2.45) is 41.4 Å². The molecular weight excluding hydrogens is 1110 g/mol. The maximum Gasteiger partial charge on any atom is 0.484 e. The van der Waals surface area contributed by atoms with Gasteiger partial charge in [0.25, 0.3) is 0 Å². The summed E-state index contributed by atoms with van der Waals surface area (Å²) in [5.41, 5.74) is 0.388. The molecule has 5 unspecified atom stereocenters. The lowest BCUT2D eigenvalue weighted by Gasteiger charge is -2.60. The van der Waals surface area contributed by atoms with E-state index in [1.165, 1.54) is 0 Å². The number of hydrogen-bond donors (Lipinski definition) is 1. The summed E-state index contributed by atoms with van der Waals surface area (Å²) in [7, 11) is -34.6. The van der Waals surface area contributed by atoms with Crippen molar-refractivity contribution >= 4 is 98.8 Å². The largest absolute Gasteiger partial charge is 0.484 e. The highest BCUT2D eigenvalue weighted by atomic mass is 28.6. The van der Waals surface area contributed by atoms with Gasteiger partial charge in [0.05, 0.1) is 0 Å². The second-order valence-corrected chi connectivity index (χ2v) is 54.0. The summed E-state index contributed by atoms with van der Waals surface area (Å²) >= 11 is 0. The quantitative estimate of drug-likeness (QED) is 0.0712. The molecule has 7 rings (SSSR count). The average Bonchev–Trinajstić information content (AvgIpc) is 3.30. The molecule has 7 atom stereocenters. The van der Waals surface area contributed by atoms with E-state index in [0.717, 1.165) is 20.7 Å². The Hall–Kier alpha value is -1.65. The molecule has 420 valence electrons. The van der Waals surface area contributed by atoms with E-state index in [0.29, 0.717) is 41.9 Å². The van der Waals surface area contributed by atoms with Crippen molar-refractivity contribution in [3.63, 3.8) is 0 Å². The fourth-order valence-electron chi connectivity index (χ4n) is 11.7. The molecule has 3 heterocycles. The molecule has 3 aliphatic heterocycles. The van der Waals surface area contributed by atoms with Crippen LogP contribution in [0.25, 0.3) is 0 Å². The predicted octanol–water partition coefficient (Wildman–Crippen LogP) is 11.2. The highest BCUT2D eigenvalue weighted by Gasteiger charge is 2.77. The zero-order valence-corrected chi connectivity index (χ0v) is 57.7. The lowest BCUT2D eigenvalue weighted by Crippen LogP contribution is -2.83. The number of hydrogen-bond acceptors (Lipinski definition) is 12. The number of fused-ring (bicyclic) bond motifs is 3. The summed E-state index contributed by atoms with van der Waals surface area (Å²) in [6.07, 6.45) is 0. The minimum Gasteiger partial charge on any atom is -0.422 e. The average molecular weight is 1200 g/mol. The van der Waals surface area contributed by atoms with Gasteiger partial charge in [-0.25, -0.2) is 0 Å². The molecule has 0 spiro atoms. The molecule has 21 heteroatoms. The molecule has 4 aromatic carbocycles. The fraction of sp³-hybridized carbons (Fsp3) is 0.564. The Labute approximate surface area is 467 Å². The van der Waals surface area contributed by atoms with Gasteiger partial charge in [-0.05, 0) is 80.8 Å². The van der Waals surface area contributed by atoms with Gasteiger partial charge in [0.2, 0.25) is 8.32 Å². The smallest absolute Gasteiger partial charge is 0.422 e. The molecule has 3 saturated heterocycles. The molecule has 1 N–H and O–H groups in total. The van der Waals surface area contributed by atoms with E-state index in [1.807, 2.05) is 12.1 Å². The first-order valence-electron chi connectivity index (χ1n) is 28.2. The van der Waals surface area contributed by atoms with Crippen molar-refractivity contribution in [1.29, 1.82) is 0 Å². The van der Waals surface area contributed by atoms with E-state index in [1.54, 1.807) is 7.11 Å². The minimum absolute atomic E-state index is 0.0111. The SMILES string of the molecule is CO[Si@@]1(CC(C)C)O[Si]2(CC(C)C)C[Si@]3(CC(C)C)O[Si](CC(C)C)(O[Si](O)(CC(C)C)O[Si](CC(C)C)(O3)O1)O[Si](CC(C)C)(O[Si](O[Si](C)(c1ccccc1)c1ccccc1)(c1ccccc1)c1ccccc1)O2. The zero-order chi connectivity index (χ0) is 55.4. The van der Waals surface area contributed by atoms with Crippen molar-refractivity contribution in [3.05, 3.63) is 121 Å². The maximum atomic E-state index is 13.8. The van der Waals surface area contributed by atoms with Crippen LogP contribution in [0, 0.1) is 41.4 Å². The van der Waals surface area contributed by atoms with Gasteiger partial charge in [0.1, 0.15) is 0 Å². The van der Waals surface area contributed by atoms with Crippen LogP contribution in [-0.2, 0) is 45.6 Å². The standard InChI is InChI=1S/C55H92O12Si9/c1-45(2)37-69-44-70(38-46(3)4)60-73(41-49(9)10,65-72(57-15,59-69)40-48(7)8)63-71(56,39-47(5)6)64-74(61-70,42-50(11)12)66-75(62-69,43-51(13)14)67-76(54-33-25-19-26-34-54,55-35-27-20-28-36-55)58-68(16,52-29-21-17-22-30-52)53-31-23-18-24-32-53/h17-36,45-51,56H,37-44H2,1-16H3/t69?,70-,71?,72-,73?,74?,75?/m0/s1. The predicted molar refractivity (Wildman–Crippen MR) is 324 cm³/mol. The third kappa shape index (κ3) is 14.7. The van der Waals surface area contributed by atoms with Gasteiger partial charge in [0.15, 0.2) is 0 Å². The van der Waals surface area contributed by atoms with E-state index < -0.39 is 78.0 Å². The van der Waals surface area contributed by atoms with Crippen LogP contribution in [0.1, 0.15) is 96.9 Å². The summed E-state index contributed by atoms with van der Waals surface area (Å²) in [5, 5.41) is 4.00. The topological polar surface area (TPSA) is 122 Å². The Bertz CT molecular complexity index is 2380. The van der Waals surface area contributed by atoms with Gasteiger partial charge in [0, 0.05) is 43.0 Å². The lowest BCUT2D eigenvalue weighted by atomic mass is 10.3. The highest BCUT2D eigenvalue weighted by Crippen LogP contribution is 2.52. The van der Waals surface area contributed by atoms with E-state index in [9.17, 15) is 4.80 Å². The van der Waals surface area contributed by atoms with Crippen molar-refractivity contribution in [2.45, 2.75) is 151 Å². The molecule has 3 fully saturated rings. The van der Waals surface area contributed by atoms with Gasteiger partial charge >= 0.3 is 69.7 Å².